The SMILES string of the molecule is CCCCCCC(=O)N1CCN(c2ccc(C(=O)C(C)C)cc2)CC1. The third-order valence-electron chi connectivity index (χ3n) is 4.92. The number of rotatable bonds is 8. The van der Waals surface area contributed by atoms with Crippen LogP contribution in [0.1, 0.15) is 63.2 Å². The van der Waals surface area contributed by atoms with E-state index in [9.17, 15) is 9.59 Å². The van der Waals surface area contributed by atoms with Gasteiger partial charge in [-0.3, -0.25) is 9.59 Å². The number of piperazine rings is 1. The van der Waals surface area contributed by atoms with E-state index in [0.29, 0.717) is 12.3 Å². The van der Waals surface area contributed by atoms with Crippen molar-refractivity contribution in [2.45, 2.75) is 52.9 Å². The van der Waals surface area contributed by atoms with Crippen molar-refractivity contribution >= 4 is 17.4 Å². The Kier molecular flexibility index (Phi) is 7.48. The lowest BCUT2D eigenvalue weighted by Crippen LogP contribution is -2.48. The van der Waals surface area contributed by atoms with Crippen LogP contribution >= 0.6 is 0 Å². The van der Waals surface area contributed by atoms with Gasteiger partial charge in [-0.15, -0.1) is 0 Å². The zero-order chi connectivity index (χ0) is 18.2. The van der Waals surface area contributed by atoms with Crippen molar-refractivity contribution in [1.29, 1.82) is 0 Å². The first-order valence-corrected chi connectivity index (χ1v) is 9.70. The van der Waals surface area contributed by atoms with E-state index >= 15 is 0 Å². The smallest absolute Gasteiger partial charge is 0.222 e. The van der Waals surface area contributed by atoms with Crippen LogP contribution in [0.15, 0.2) is 24.3 Å². The summed E-state index contributed by atoms with van der Waals surface area (Å²) >= 11 is 0. The van der Waals surface area contributed by atoms with Crippen molar-refractivity contribution in [1.82, 2.24) is 4.90 Å². The lowest BCUT2D eigenvalue weighted by molar-refractivity contribution is -0.131. The van der Waals surface area contributed by atoms with Crippen molar-refractivity contribution in [3.05, 3.63) is 29.8 Å². The van der Waals surface area contributed by atoms with Crippen LogP contribution in [0, 0.1) is 5.92 Å². The van der Waals surface area contributed by atoms with Gasteiger partial charge in [0.15, 0.2) is 5.78 Å². The molecule has 0 aromatic heterocycles. The molecule has 138 valence electrons. The number of hydrogen-bond acceptors (Lipinski definition) is 3. The number of ketones is 1. The summed E-state index contributed by atoms with van der Waals surface area (Å²) in [5.74, 6) is 0.511. The maximum atomic E-state index is 12.3. The molecule has 4 heteroatoms. The van der Waals surface area contributed by atoms with Crippen molar-refractivity contribution in [3.63, 3.8) is 0 Å². The summed E-state index contributed by atoms with van der Waals surface area (Å²) in [6.45, 7) is 9.34. The molecule has 0 radical (unpaired) electrons. The molecule has 1 heterocycles. The van der Waals surface area contributed by atoms with Gasteiger partial charge in [0.1, 0.15) is 0 Å². The summed E-state index contributed by atoms with van der Waals surface area (Å²) in [6.07, 6.45) is 5.28. The molecule has 0 spiro atoms. The zero-order valence-electron chi connectivity index (χ0n) is 16.0. The van der Waals surface area contributed by atoms with E-state index in [1.54, 1.807) is 0 Å². The molecule has 0 saturated carbocycles. The summed E-state index contributed by atoms with van der Waals surface area (Å²) in [7, 11) is 0. The fourth-order valence-electron chi connectivity index (χ4n) is 3.25. The van der Waals surface area contributed by atoms with E-state index in [1.165, 1.54) is 12.8 Å². The molecule has 0 unspecified atom stereocenters. The Labute approximate surface area is 152 Å². The predicted octanol–water partition coefficient (Wildman–Crippen LogP) is 4.14. The van der Waals surface area contributed by atoms with Crippen molar-refractivity contribution < 1.29 is 9.59 Å². The number of nitrogens with zero attached hydrogens (tertiary/aromatic N) is 2. The summed E-state index contributed by atoms with van der Waals surface area (Å²) < 4.78 is 0. The molecule has 1 saturated heterocycles. The lowest BCUT2D eigenvalue weighted by atomic mass is 10.0. The lowest BCUT2D eigenvalue weighted by Gasteiger charge is -2.36. The van der Waals surface area contributed by atoms with Gasteiger partial charge in [-0.2, -0.15) is 0 Å². The Hall–Kier alpha value is -1.84. The molecule has 25 heavy (non-hydrogen) atoms. The second kappa shape index (κ2) is 9.59. The number of carbonyl (C=O) groups is 2. The first-order chi connectivity index (χ1) is 12.0. The number of hydrogen-bond donors (Lipinski definition) is 0. The fourth-order valence-corrected chi connectivity index (χ4v) is 3.25. The van der Waals surface area contributed by atoms with Gasteiger partial charge < -0.3 is 9.80 Å². The van der Waals surface area contributed by atoms with Crippen LogP contribution < -0.4 is 4.90 Å². The molecule has 0 aliphatic carbocycles. The number of carbonyl (C=O) groups excluding carboxylic acids is 2. The second-order valence-electron chi connectivity index (χ2n) is 7.24. The second-order valence-corrected chi connectivity index (χ2v) is 7.24. The third kappa shape index (κ3) is 5.58. The highest BCUT2D eigenvalue weighted by Crippen LogP contribution is 2.19. The van der Waals surface area contributed by atoms with E-state index in [4.69, 9.17) is 0 Å². The van der Waals surface area contributed by atoms with Crippen LogP contribution in [0.25, 0.3) is 0 Å². The number of Topliss-reactive ketones (excluding diaryl/α,β-unsaturated/α-hetero) is 1. The monoisotopic (exact) mass is 344 g/mol. The van der Waals surface area contributed by atoms with Gasteiger partial charge in [0.2, 0.25) is 5.91 Å². The molecule has 0 N–H and O–H groups in total. The highest BCUT2D eigenvalue weighted by atomic mass is 16.2. The Morgan fingerprint density at radius 1 is 0.960 bits per heavy atom. The van der Waals surface area contributed by atoms with Crippen molar-refractivity contribution in [2.24, 2.45) is 5.92 Å². The minimum atomic E-state index is 0.0257. The van der Waals surface area contributed by atoms with E-state index in [-0.39, 0.29) is 11.7 Å². The molecule has 1 aliphatic heterocycles. The third-order valence-corrected chi connectivity index (χ3v) is 4.92. The van der Waals surface area contributed by atoms with E-state index in [1.807, 2.05) is 43.0 Å². The Bertz CT molecular complexity index is 558. The van der Waals surface area contributed by atoms with Gasteiger partial charge in [0, 0.05) is 49.8 Å². The topological polar surface area (TPSA) is 40.6 Å². The standard InChI is InChI=1S/C21H32N2O2/c1-4-5-6-7-8-20(24)23-15-13-22(14-16-23)19-11-9-18(10-12-19)21(25)17(2)3/h9-12,17H,4-8,13-16H2,1-3H3. The van der Waals surface area contributed by atoms with Crippen LogP contribution in [-0.2, 0) is 4.79 Å². The molecule has 0 bridgehead atoms. The molecule has 1 amide bonds. The molecule has 2 rings (SSSR count). The molecule has 1 fully saturated rings. The Morgan fingerprint density at radius 2 is 1.60 bits per heavy atom. The largest absolute Gasteiger partial charge is 0.368 e. The normalized spacial score (nSPS) is 14.9. The fraction of sp³-hybridized carbons (Fsp3) is 0.619. The van der Waals surface area contributed by atoms with Crippen molar-refractivity contribution in [2.75, 3.05) is 31.1 Å². The number of benzene rings is 1. The molecule has 1 aliphatic rings. The predicted molar refractivity (Wildman–Crippen MR) is 103 cm³/mol. The molecule has 0 atom stereocenters. The quantitative estimate of drug-likeness (QED) is 0.525. The summed E-state index contributed by atoms with van der Waals surface area (Å²) in [6, 6.07) is 7.89. The average Bonchev–Trinajstić information content (AvgIpc) is 2.64. The number of amides is 1. The highest BCUT2D eigenvalue weighted by molar-refractivity contribution is 5.97. The van der Waals surface area contributed by atoms with Gasteiger partial charge in [-0.05, 0) is 30.7 Å². The maximum absolute atomic E-state index is 12.3. The Morgan fingerprint density at radius 3 is 2.16 bits per heavy atom. The Balaban J connectivity index is 1.81. The number of unbranched alkanes of at least 4 members (excludes halogenated alkanes) is 3. The first kappa shape index (κ1) is 19.5. The first-order valence-electron chi connectivity index (χ1n) is 9.70. The van der Waals surface area contributed by atoms with Crippen LogP contribution in [-0.4, -0.2) is 42.8 Å². The van der Waals surface area contributed by atoms with E-state index < -0.39 is 0 Å². The van der Waals surface area contributed by atoms with E-state index in [0.717, 1.165) is 50.3 Å². The summed E-state index contributed by atoms with van der Waals surface area (Å²) in [4.78, 5) is 28.6. The molecule has 1 aromatic rings. The highest BCUT2D eigenvalue weighted by Gasteiger charge is 2.21. The summed E-state index contributed by atoms with van der Waals surface area (Å²) in [5, 5.41) is 0. The molecular weight excluding hydrogens is 312 g/mol. The van der Waals surface area contributed by atoms with Gasteiger partial charge >= 0.3 is 0 Å². The average molecular weight is 344 g/mol. The van der Waals surface area contributed by atoms with Gasteiger partial charge in [0.05, 0.1) is 0 Å². The van der Waals surface area contributed by atoms with Crippen LogP contribution in [0.3, 0.4) is 0 Å². The summed E-state index contributed by atoms with van der Waals surface area (Å²) in [5.41, 5.74) is 1.91. The maximum Gasteiger partial charge on any atom is 0.222 e. The van der Waals surface area contributed by atoms with Gasteiger partial charge in [-0.1, -0.05) is 40.0 Å². The molecular formula is C21H32N2O2. The zero-order valence-corrected chi connectivity index (χ0v) is 16.0. The molecule has 1 aromatic carbocycles. The van der Waals surface area contributed by atoms with Crippen LogP contribution in [0.5, 0.6) is 0 Å². The van der Waals surface area contributed by atoms with Crippen LogP contribution in [0.4, 0.5) is 5.69 Å². The van der Waals surface area contributed by atoms with Crippen molar-refractivity contribution in [3.8, 4) is 0 Å². The minimum absolute atomic E-state index is 0.0257. The minimum Gasteiger partial charge on any atom is -0.368 e. The van der Waals surface area contributed by atoms with Gasteiger partial charge in [-0.25, -0.2) is 0 Å². The van der Waals surface area contributed by atoms with Gasteiger partial charge in [0.25, 0.3) is 0 Å². The van der Waals surface area contributed by atoms with Crippen LogP contribution in [0.2, 0.25) is 0 Å². The number of anilines is 1. The molecule has 4 nitrogen and oxygen atoms in total. The van der Waals surface area contributed by atoms with E-state index in [2.05, 4.69) is 11.8 Å².